The normalized spacial score (nSPS) is 10.6. The summed E-state index contributed by atoms with van der Waals surface area (Å²) in [5.41, 5.74) is 1.08. The topological polar surface area (TPSA) is 34.9 Å². The van der Waals surface area contributed by atoms with Crippen molar-refractivity contribution >= 4 is 33.0 Å². The molecule has 0 bridgehead atoms. The smallest absolute Gasteiger partial charge is 0.238 e. The van der Waals surface area contributed by atoms with Gasteiger partial charge >= 0.3 is 0 Å². The molecule has 0 aromatic carbocycles. The maximum atomic E-state index is 12.0. The van der Waals surface area contributed by atoms with Crippen LogP contribution in [0, 0.1) is 6.92 Å². The van der Waals surface area contributed by atoms with Crippen molar-refractivity contribution in [2.45, 2.75) is 6.92 Å². The van der Waals surface area contributed by atoms with Gasteiger partial charge in [0.1, 0.15) is 0 Å². The van der Waals surface area contributed by atoms with Crippen LogP contribution in [0.2, 0.25) is 0 Å². The Hall–Kier alpha value is -0.940. The Kier molecular flexibility index (Phi) is 2.75. The second-order valence-electron chi connectivity index (χ2n) is 3.26. The summed E-state index contributed by atoms with van der Waals surface area (Å²) >= 11 is 4.85. The van der Waals surface area contributed by atoms with Gasteiger partial charge in [-0.05, 0) is 34.5 Å². The van der Waals surface area contributed by atoms with E-state index in [4.69, 9.17) is 0 Å². The highest BCUT2D eigenvalue weighted by Crippen LogP contribution is 2.28. The molecule has 2 aromatic rings. The molecule has 78 valence electrons. The van der Waals surface area contributed by atoms with Crippen molar-refractivity contribution in [3.05, 3.63) is 38.5 Å². The second kappa shape index (κ2) is 3.90. The molecule has 15 heavy (non-hydrogen) atoms. The van der Waals surface area contributed by atoms with Gasteiger partial charge in [0, 0.05) is 19.4 Å². The fourth-order valence-corrected chi connectivity index (χ4v) is 2.74. The maximum absolute atomic E-state index is 12.0. The highest BCUT2D eigenvalue weighted by molar-refractivity contribution is 9.11. The zero-order valence-corrected chi connectivity index (χ0v) is 10.7. The van der Waals surface area contributed by atoms with Gasteiger partial charge < -0.3 is 4.57 Å². The molecule has 0 radical (unpaired) electrons. The molecular weight excluding hydrogens is 276 g/mol. The van der Waals surface area contributed by atoms with Crippen molar-refractivity contribution in [3.8, 4) is 0 Å². The summed E-state index contributed by atoms with van der Waals surface area (Å²) in [5, 5.41) is 0. The first-order chi connectivity index (χ1) is 7.09. The molecule has 5 heteroatoms. The SMILES string of the molecule is Cc1cc(C(=O)c2nccn2C)sc1Br. The van der Waals surface area contributed by atoms with E-state index in [1.807, 2.05) is 20.0 Å². The van der Waals surface area contributed by atoms with E-state index in [2.05, 4.69) is 20.9 Å². The van der Waals surface area contributed by atoms with Crippen LogP contribution in [0.5, 0.6) is 0 Å². The number of hydrogen-bond donors (Lipinski definition) is 0. The number of hydrogen-bond acceptors (Lipinski definition) is 3. The lowest BCUT2D eigenvalue weighted by Crippen LogP contribution is -2.06. The van der Waals surface area contributed by atoms with Crippen molar-refractivity contribution in [2.75, 3.05) is 0 Å². The van der Waals surface area contributed by atoms with E-state index in [0.29, 0.717) is 10.7 Å². The first-order valence-corrected chi connectivity index (χ1v) is 5.98. The van der Waals surface area contributed by atoms with Gasteiger partial charge in [0.2, 0.25) is 5.78 Å². The van der Waals surface area contributed by atoms with Crippen LogP contribution in [0.1, 0.15) is 21.1 Å². The molecule has 2 heterocycles. The van der Waals surface area contributed by atoms with E-state index in [9.17, 15) is 4.79 Å². The highest BCUT2D eigenvalue weighted by atomic mass is 79.9. The molecule has 0 saturated carbocycles. The predicted octanol–water partition coefficient (Wildman–Crippen LogP) is 2.78. The number of rotatable bonds is 2. The number of aryl methyl sites for hydroxylation is 2. The molecule has 0 aliphatic heterocycles. The molecule has 3 nitrogen and oxygen atoms in total. The lowest BCUT2D eigenvalue weighted by Gasteiger charge is -1.97. The predicted molar refractivity (Wildman–Crippen MR) is 63.4 cm³/mol. The zero-order valence-electron chi connectivity index (χ0n) is 8.32. The Bertz CT molecular complexity index is 496. The largest absolute Gasteiger partial charge is 0.331 e. The number of carbonyl (C=O) groups excluding carboxylic acids is 1. The third-order valence-corrected chi connectivity index (χ3v) is 4.24. The lowest BCUT2D eigenvalue weighted by atomic mass is 10.2. The van der Waals surface area contributed by atoms with Crippen LogP contribution >= 0.6 is 27.3 Å². The van der Waals surface area contributed by atoms with Crippen molar-refractivity contribution in [1.82, 2.24) is 9.55 Å². The fraction of sp³-hybridized carbons (Fsp3) is 0.200. The van der Waals surface area contributed by atoms with Crippen LogP contribution in [-0.2, 0) is 7.05 Å². The van der Waals surface area contributed by atoms with Gasteiger partial charge in [0.15, 0.2) is 5.82 Å². The van der Waals surface area contributed by atoms with Crippen LogP contribution in [-0.4, -0.2) is 15.3 Å². The average molecular weight is 285 g/mol. The molecule has 0 aliphatic carbocycles. The second-order valence-corrected chi connectivity index (χ2v) is 5.63. The third-order valence-electron chi connectivity index (χ3n) is 2.11. The Labute approximate surface area is 99.9 Å². The summed E-state index contributed by atoms with van der Waals surface area (Å²) in [6.45, 7) is 1.97. The van der Waals surface area contributed by atoms with Gasteiger partial charge in [-0.3, -0.25) is 4.79 Å². The number of nitrogens with zero attached hydrogens (tertiary/aromatic N) is 2. The number of carbonyl (C=O) groups is 1. The summed E-state index contributed by atoms with van der Waals surface area (Å²) in [6.07, 6.45) is 3.39. The van der Waals surface area contributed by atoms with Crippen LogP contribution in [0.25, 0.3) is 0 Å². The van der Waals surface area contributed by atoms with E-state index in [1.54, 1.807) is 17.0 Å². The summed E-state index contributed by atoms with van der Waals surface area (Å²) in [7, 11) is 1.82. The molecule has 0 fully saturated rings. The number of imidazole rings is 1. The minimum absolute atomic E-state index is 0.0266. The molecule has 0 atom stereocenters. The first-order valence-electron chi connectivity index (χ1n) is 4.37. The van der Waals surface area contributed by atoms with Crippen molar-refractivity contribution in [3.63, 3.8) is 0 Å². The number of thiophene rings is 1. The zero-order chi connectivity index (χ0) is 11.0. The van der Waals surface area contributed by atoms with Gasteiger partial charge in [-0.1, -0.05) is 0 Å². The quantitative estimate of drug-likeness (QED) is 0.795. The summed E-state index contributed by atoms with van der Waals surface area (Å²) in [5.74, 6) is 0.449. The van der Waals surface area contributed by atoms with Gasteiger partial charge in [-0.15, -0.1) is 11.3 Å². The van der Waals surface area contributed by atoms with Crippen LogP contribution in [0.4, 0.5) is 0 Å². The Morgan fingerprint density at radius 2 is 2.33 bits per heavy atom. The molecule has 0 aliphatic rings. The van der Waals surface area contributed by atoms with Crippen LogP contribution < -0.4 is 0 Å². The van der Waals surface area contributed by atoms with E-state index >= 15 is 0 Å². The molecular formula is C10H9BrN2OS. The molecule has 0 amide bonds. The average Bonchev–Trinajstić information content (AvgIpc) is 2.74. The van der Waals surface area contributed by atoms with Crippen LogP contribution in [0.3, 0.4) is 0 Å². The number of ketones is 1. The maximum Gasteiger partial charge on any atom is 0.238 e. The summed E-state index contributed by atoms with van der Waals surface area (Å²) < 4.78 is 2.73. The minimum atomic E-state index is -0.0266. The van der Waals surface area contributed by atoms with Crippen molar-refractivity contribution in [1.29, 1.82) is 0 Å². The minimum Gasteiger partial charge on any atom is -0.331 e. The molecule has 0 N–H and O–H groups in total. The third kappa shape index (κ3) is 1.89. The van der Waals surface area contributed by atoms with Gasteiger partial charge in [0.05, 0.1) is 8.66 Å². The van der Waals surface area contributed by atoms with E-state index in [1.165, 1.54) is 11.3 Å². The van der Waals surface area contributed by atoms with E-state index in [-0.39, 0.29) is 5.78 Å². The number of aromatic nitrogens is 2. The van der Waals surface area contributed by atoms with Crippen LogP contribution in [0.15, 0.2) is 22.2 Å². The summed E-state index contributed by atoms with van der Waals surface area (Å²) in [6, 6.07) is 1.88. The van der Waals surface area contributed by atoms with Gasteiger partial charge in [0.25, 0.3) is 0 Å². The van der Waals surface area contributed by atoms with Gasteiger partial charge in [-0.2, -0.15) is 0 Å². The highest BCUT2D eigenvalue weighted by Gasteiger charge is 2.16. The molecule has 2 aromatic heterocycles. The number of halogens is 1. The van der Waals surface area contributed by atoms with E-state index < -0.39 is 0 Å². The molecule has 0 spiro atoms. The van der Waals surface area contributed by atoms with E-state index in [0.717, 1.165) is 9.35 Å². The first kappa shape index (κ1) is 10.6. The molecule has 0 unspecified atom stereocenters. The summed E-state index contributed by atoms with van der Waals surface area (Å²) in [4.78, 5) is 16.8. The van der Waals surface area contributed by atoms with Crippen molar-refractivity contribution < 1.29 is 4.79 Å². The Balaban J connectivity index is 2.41. The standard InChI is InChI=1S/C10H9BrN2OS/c1-6-5-7(15-9(6)11)8(14)10-12-3-4-13(10)2/h3-5H,1-2H3. The monoisotopic (exact) mass is 284 g/mol. The van der Waals surface area contributed by atoms with Crippen molar-refractivity contribution in [2.24, 2.45) is 7.05 Å². The molecule has 0 saturated heterocycles. The fourth-order valence-electron chi connectivity index (χ4n) is 1.27. The lowest BCUT2D eigenvalue weighted by molar-refractivity contribution is 0.103. The van der Waals surface area contributed by atoms with Gasteiger partial charge in [-0.25, -0.2) is 4.98 Å². The Morgan fingerprint density at radius 3 is 2.80 bits per heavy atom. The Morgan fingerprint density at radius 1 is 1.60 bits per heavy atom. The molecule has 2 rings (SSSR count).